The van der Waals surface area contributed by atoms with Crippen molar-refractivity contribution in [3.63, 3.8) is 0 Å². The molecule has 10 heteroatoms. The Morgan fingerprint density at radius 1 is 1.10 bits per heavy atom. The molecule has 1 aromatic carbocycles. The van der Waals surface area contributed by atoms with E-state index in [1.165, 1.54) is 11.3 Å². The molecule has 5 heterocycles. The number of ether oxygens (including phenoxy) is 2. The molecule has 1 N–H and O–H groups in total. The Labute approximate surface area is 236 Å². The van der Waals surface area contributed by atoms with Gasteiger partial charge >= 0.3 is 5.97 Å². The first kappa shape index (κ1) is 26.5. The van der Waals surface area contributed by atoms with Crippen molar-refractivity contribution >= 4 is 39.9 Å². The molecule has 6 rings (SSSR count). The number of hydrogen-bond acceptors (Lipinski definition) is 8. The van der Waals surface area contributed by atoms with Crippen LogP contribution in [-0.2, 0) is 24.3 Å². The Balaban J connectivity index is 1.10. The van der Waals surface area contributed by atoms with Gasteiger partial charge in [-0.3, -0.25) is 4.79 Å². The fourth-order valence-corrected chi connectivity index (χ4v) is 6.19. The quantitative estimate of drug-likeness (QED) is 0.263. The molecule has 0 saturated carbocycles. The van der Waals surface area contributed by atoms with Gasteiger partial charge in [0, 0.05) is 37.1 Å². The van der Waals surface area contributed by atoms with Gasteiger partial charge in [0.25, 0.3) is 0 Å². The molecular weight excluding hydrogens is 528 g/mol. The van der Waals surface area contributed by atoms with Crippen LogP contribution in [0.25, 0.3) is 11.0 Å². The number of fused-ring (bicyclic) bond motifs is 1. The van der Waals surface area contributed by atoms with Crippen molar-refractivity contribution in [1.29, 1.82) is 0 Å². The van der Waals surface area contributed by atoms with Crippen LogP contribution in [0.1, 0.15) is 56.9 Å². The minimum Gasteiger partial charge on any atom is -0.478 e. The SMILES string of the molecule is CC(=O)c1ccc(COc2cccc(N3CCC(Cc4nc5ccc(C(=O)O)cc5n4C[C@@H]4CCO4)CC3)n2)s1. The fourth-order valence-electron chi connectivity index (χ4n) is 5.37. The molecule has 0 spiro atoms. The van der Waals surface area contributed by atoms with E-state index < -0.39 is 5.97 Å². The Kier molecular flexibility index (Phi) is 7.53. The van der Waals surface area contributed by atoms with E-state index in [0.717, 1.165) is 77.8 Å². The van der Waals surface area contributed by atoms with Gasteiger partial charge < -0.3 is 24.0 Å². The summed E-state index contributed by atoms with van der Waals surface area (Å²) in [6.45, 7) is 5.22. The second-order valence-corrected chi connectivity index (χ2v) is 11.7. The number of anilines is 1. The molecule has 0 aliphatic carbocycles. The maximum atomic E-state index is 11.6. The van der Waals surface area contributed by atoms with Crippen LogP contribution in [0, 0.1) is 5.92 Å². The average molecular weight is 561 g/mol. The normalized spacial score (nSPS) is 17.6. The van der Waals surface area contributed by atoms with Crippen LogP contribution in [0.5, 0.6) is 5.88 Å². The Morgan fingerprint density at radius 3 is 2.62 bits per heavy atom. The summed E-state index contributed by atoms with van der Waals surface area (Å²) in [5, 5.41) is 9.50. The lowest BCUT2D eigenvalue weighted by molar-refractivity contribution is -0.0590. The Bertz CT molecular complexity index is 1530. The third kappa shape index (κ3) is 5.73. The summed E-state index contributed by atoms with van der Waals surface area (Å²) in [7, 11) is 0. The highest BCUT2D eigenvalue weighted by atomic mass is 32.1. The van der Waals surface area contributed by atoms with Gasteiger partial charge in [-0.25, -0.2) is 9.78 Å². The van der Waals surface area contributed by atoms with E-state index in [1.807, 2.05) is 36.4 Å². The van der Waals surface area contributed by atoms with E-state index in [2.05, 4.69) is 9.47 Å². The van der Waals surface area contributed by atoms with E-state index in [9.17, 15) is 14.7 Å². The molecule has 1 atom stereocenters. The molecule has 4 aromatic rings. The number of carboxylic acids is 1. The van der Waals surface area contributed by atoms with E-state index in [1.54, 1.807) is 19.1 Å². The van der Waals surface area contributed by atoms with Gasteiger partial charge in [-0.15, -0.1) is 11.3 Å². The second-order valence-electron chi connectivity index (χ2n) is 10.5. The summed E-state index contributed by atoms with van der Waals surface area (Å²) in [5.41, 5.74) is 1.97. The van der Waals surface area contributed by atoms with Crippen molar-refractivity contribution in [2.45, 2.75) is 51.9 Å². The van der Waals surface area contributed by atoms with E-state index in [4.69, 9.17) is 19.4 Å². The largest absolute Gasteiger partial charge is 0.478 e. The minimum atomic E-state index is -0.930. The molecule has 2 fully saturated rings. The first-order valence-electron chi connectivity index (χ1n) is 13.7. The van der Waals surface area contributed by atoms with Crippen molar-refractivity contribution in [1.82, 2.24) is 14.5 Å². The number of carboxylic acid groups (broad SMARTS) is 1. The molecule has 0 bridgehead atoms. The van der Waals surface area contributed by atoms with Crippen molar-refractivity contribution in [3.05, 3.63) is 69.7 Å². The van der Waals surface area contributed by atoms with Crippen LogP contribution in [0.15, 0.2) is 48.5 Å². The van der Waals surface area contributed by atoms with Crippen LogP contribution in [-0.4, -0.2) is 57.2 Å². The van der Waals surface area contributed by atoms with Crippen molar-refractivity contribution in [2.24, 2.45) is 5.92 Å². The molecule has 2 aliphatic rings. The number of aromatic nitrogens is 3. The maximum Gasteiger partial charge on any atom is 0.335 e. The van der Waals surface area contributed by atoms with Gasteiger partial charge in [-0.05, 0) is 68.5 Å². The van der Waals surface area contributed by atoms with Crippen molar-refractivity contribution in [2.75, 3.05) is 24.6 Å². The number of nitrogens with zero attached hydrogens (tertiary/aromatic N) is 4. The molecule has 0 amide bonds. The Hall–Kier alpha value is -3.76. The smallest absolute Gasteiger partial charge is 0.335 e. The summed E-state index contributed by atoms with van der Waals surface area (Å²) < 4.78 is 13.8. The molecule has 3 aromatic heterocycles. The van der Waals surface area contributed by atoms with E-state index in [-0.39, 0.29) is 17.5 Å². The van der Waals surface area contributed by atoms with Crippen LogP contribution >= 0.6 is 11.3 Å². The molecule has 208 valence electrons. The van der Waals surface area contributed by atoms with Crippen LogP contribution in [0.2, 0.25) is 0 Å². The predicted molar refractivity (Wildman–Crippen MR) is 153 cm³/mol. The minimum absolute atomic E-state index is 0.0664. The average Bonchev–Trinajstić information content (AvgIpc) is 3.54. The standard InChI is InChI=1S/C30H32N4O5S/c1-19(35)26-8-6-23(40-26)18-39-29-4-2-3-27(32-29)33-12-9-20(10-13-33)15-28-31-24-7-5-21(30(36)37)16-25(24)34(28)17-22-11-14-38-22/h2-8,16,20,22H,9-15,17-18H2,1H3,(H,36,37)/t22-/m0/s1. The lowest BCUT2D eigenvalue weighted by atomic mass is 9.93. The molecule has 2 saturated heterocycles. The summed E-state index contributed by atoms with van der Waals surface area (Å²) >= 11 is 1.45. The van der Waals surface area contributed by atoms with Crippen molar-refractivity contribution in [3.8, 4) is 5.88 Å². The number of hydrogen-bond donors (Lipinski definition) is 1. The monoisotopic (exact) mass is 560 g/mol. The number of carbonyl (C=O) groups is 2. The highest BCUT2D eigenvalue weighted by Crippen LogP contribution is 2.29. The highest BCUT2D eigenvalue weighted by Gasteiger charge is 2.26. The van der Waals surface area contributed by atoms with Crippen LogP contribution < -0.4 is 9.64 Å². The third-order valence-corrected chi connectivity index (χ3v) is 8.90. The maximum absolute atomic E-state index is 11.6. The van der Waals surface area contributed by atoms with Crippen LogP contribution in [0.4, 0.5) is 5.82 Å². The number of thiophene rings is 1. The van der Waals surface area contributed by atoms with Crippen LogP contribution in [0.3, 0.4) is 0 Å². The Morgan fingerprint density at radius 2 is 1.93 bits per heavy atom. The number of carbonyl (C=O) groups excluding carboxylic acids is 1. The topological polar surface area (TPSA) is 107 Å². The summed E-state index contributed by atoms with van der Waals surface area (Å²) in [6.07, 6.45) is 4.04. The molecule has 40 heavy (non-hydrogen) atoms. The molecule has 2 aliphatic heterocycles. The number of piperidine rings is 1. The number of Topliss-reactive ketones (excluding diaryl/α,β-unsaturated/α-hetero) is 1. The molecule has 0 radical (unpaired) electrons. The van der Waals surface area contributed by atoms with Gasteiger partial charge in [0.2, 0.25) is 5.88 Å². The number of imidazole rings is 1. The highest BCUT2D eigenvalue weighted by molar-refractivity contribution is 7.14. The first-order valence-corrected chi connectivity index (χ1v) is 14.5. The number of benzene rings is 1. The van der Waals surface area contributed by atoms with Gasteiger partial charge in [0.1, 0.15) is 18.2 Å². The summed E-state index contributed by atoms with van der Waals surface area (Å²) in [5.74, 6) is 2.09. The van der Waals surface area contributed by atoms with Crippen molar-refractivity contribution < 1.29 is 24.2 Å². The third-order valence-electron chi connectivity index (χ3n) is 7.74. The molecule has 9 nitrogen and oxygen atoms in total. The lowest BCUT2D eigenvalue weighted by Gasteiger charge is -2.33. The number of aromatic carboxylic acids is 1. The zero-order valence-electron chi connectivity index (χ0n) is 22.4. The summed E-state index contributed by atoms with van der Waals surface area (Å²) in [4.78, 5) is 36.8. The molecule has 0 unspecified atom stereocenters. The number of ketones is 1. The number of pyridine rings is 1. The van der Waals surface area contributed by atoms with E-state index >= 15 is 0 Å². The fraction of sp³-hybridized carbons (Fsp3) is 0.400. The van der Waals surface area contributed by atoms with E-state index in [0.29, 0.717) is 24.9 Å². The predicted octanol–water partition coefficient (Wildman–Crippen LogP) is 5.22. The van der Waals surface area contributed by atoms with Gasteiger partial charge in [-0.2, -0.15) is 4.98 Å². The molecular formula is C30H32N4O5S. The lowest BCUT2D eigenvalue weighted by Crippen LogP contribution is -2.35. The van der Waals surface area contributed by atoms with Gasteiger partial charge in [0.15, 0.2) is 5.78 Å². The summed E-state index contributed by atoms with van der Waals surface area (Å²) in [6, 6.07) is 14.8. The second kappa shape index (κ2) is 11.4. The van der Waals surface area contributed by atoms with Gasteiger partial charge in [-0.1, -0.05) is 6.07 Å². The first-order chi connectivity index (χ1) is 19.4. The zero-order valence-corrected chi connectivity index (χ0v) is 23.2. The number of rotatable bonds is 10. The zero-order chi connectivity index (χ0) is 27.6. The van der Waals surface area contributed by atoms with Gasteiger partial charge in [0.05, 0.1) is 34.1 Å².